The molecule has 2 rings (SSSR count). The van der Waals surface area contributed by atoms with Crippen LogP contribution in [0.3, 0.4) is 0 Å². The highest BCUT2D eigenvalue weighted by atomic mass is 16.5. The summed E-state index contributed by atoms with van der Waals surface area (Å²) in [4.78, 5) is 27.9. The molecule has 0 spiro atoms. The van der Waals surface area contributed by atoms with Crippen LogP contribution in [0.15, 0.2) is 48.5 Å². The topological polar surface area (TPSA) is 58.6 Å². The van der Waals surface area contributed by atoms with Crippen molar-refractivity contribution in [3.8, 4) is 5.75 Å². The van der Waals surface area contributed by atoms with Gasteiger partial charge in [0.1, 0.15) is 11.8 Å². The van der Waals surface area contributed by atoms with E-state index >= 15 is 0 Å². The first-order valence-electron chi connectivity index (χ1n) is 11.4. The van der Waals surface area contributed by atoms with Gasteiger partial charge in [0.05, 0.1) is 0 Å². The molecule has 0 aromatic heterocycles. The van der Waals surface area contributed by atoms with E-state index in [0.29, 0.717) is 24.6 Å². The average Bonchev–Trinajstić information content (AvgIpc) is 2.72. The van der Waals surface area contributed by atoms with Crippen LogP contribution >= 0.6 is 0 Å². The van der Waals surface area contributed by atoms with Gasteiger partial charge in [0.25, 0.3) is 5.91 Å². The summed E-state index contributed by atoms with van der Waals surface area (Å²) in [6, 6.07) is 15.2. The van der Waals surface area contributed by atoms with Gasteiger partial charge < -0.3 is 15.0 Å². The van der Waals surface area contributed by atoms with Crippen molar-refractivity contribution >= 4 is 11.8 Å². The number of hydrogen-bond donors (Lipinski definition) is 1. The number of rotatable bonds is 9. The molecule has 1 unspecified atom stereocenters. The molecule has 1 N–H and O–H groups in total. The number of carbonyl (C=O) groups excluding carboxylic acids is 2. The predicted molar refractivity (Wildman–Crippen MR) is 130 cm³/mol. The Morgan fingerprint density at radius 1 is 1.00 bits per heavy atom. The van der Waals surface area contributed by atoms with Gasteiger partial charge in [-0.2, -0.15) is 0 Å². The van der Waals surface area contributed by atoms with Crippen LogP contribution in [0.4, 0.5) is 0 Å². The van der Waals surface area contributed by atoms with Gasteiger partial charge >= 0.3 is 0 Å². The van der Waals surface area contributed by atoms with Crippen molar-refractivity contribution in [2.75, 3.05) is 6.61 Å². The lowest BCUT2D eigenvalue weighted by Crippen LogP contribution is -2.54. The zero-order valence-electron chi connectivity index (χ0n) is 20.6. The monoisotopic (exact) mass is 438 g/mol. The maximum Gasteiger partial charge on any atom is 0.261 e. The van der Waals surface area contributed by atoms with E-state index in [1.807, 2.05) is 83.1 Å². The molecular weight excluding hydrogens is 400 g/mol. The van der Waals surface area contributed by atoms with E-state index in [1.54, 1.807) is 4.90 Å². The molecule has 2 aromatic carbocycles. The summed E-state index contributed by atoms with van der Waals surface area (Å²) in [5.41, 5.74) is 2.97. The molecule has 0 aliphatic heterocycles. The molecule has 0 bridgehead atoms. The number of benzene rings is 2. The summed E-state index contributed by atoms with van der Waals surface area (Å²) >= 11 is 0. The molecule has 0 saturated heterocycles. The molecule has 2 aromatic rings. The van der Waals surface area contributed by atoms with E-state index in [0.717, 1.165) is 11.1 Å². The van der Waals surface area contributed by atoms with Crippen LogP contribution in [0.2, 0.25) is 0 Å². The maximum atomic E-state index is 13.3. The minimum Gasteiger partial charge on any atom is -0.484 e. The largest absolute Gasteiger partial charge is 0.484 e. The van der Waals surface area contributed by atoms with Crippen molar-refractivity contribution in [3.63, 3.8) is 0 Å². The molecule has 5 heteroatoms. The Hall–Kier alpha value is -2.82. The van der Waals surface area contributed by atoms with Crippen molar-refractivity contribution < 1.29 is 14.3 Å². The van der Waals surface area contributed by atoms with Gasteiger partial charge in [0, 0.05) is 12.1 Å². The molecule has 0 fully saturated rings. The summed E-state index contributed by atoms with van der Waals surface area (Å²) in [6.45, 7) is 14.3. The van der Waals surface area contributed by atoms with Crippen LogP contribution in [-0.4, -0.2) is 34.9 Å². The third-order valence-corrected chi connectivity index (χ3v) is 5.27. The van der Waals surface area contributed by atoms with Gasteiger partial charge in [0.15, 0.2) is 6.61 Å². The van der Waals surface area contributed by atoms with Crippen molar-refractivity contribution in [1.82, 2.24) is 10.2 Å². The first-order valence-corrected chi connectivity index (χ1v) is 11.4. The second kappa shape index (κ2) is 11.2. The van der Waals surface area contributed by atoms with Crippen LogP contribution < -0.4 is 10.1 Å². The highest BCUT2D eigenvalue weighted by molar-refractivity contribution is 5.88. The Morgan fingerprint density at radius 2 is 1.59 bits per heavy atom. The van der Waals surface area contributed by atoms with Crippen LogP contribution in [0.5, 0.6) is 5.75 Å². The number of ether oxygens (including phenoxy) is 1. The van der Waals surface area contributed by atoms with Crippen molar-refractivity contribution in [1.29, 1.82) is 0 Å². The molecule has 0 radical (unpaired) electrons. The van der Waals surface area contributed by atoms with Crippen molar-refractivity contribution in [2.24, 2.45) is 0 Å². The van der Waals surface area contributed by atoms with E-state index in [1.165, 1.54) is 5.56 Å². The molecular formula is C27H38N2O3. The first-order chi connectivity index (χ1) is 15.0. The van der Waals surface area contributed by atoms with E-state index < -0.39 is 6.04 Å². The summed E-state index contributed by atoms with van der Waals surface area (Å²) in [5, 5.41) is 3.02. The molecule has 0 saturated carbocycles. The Morgan fingerprint density at radius 3 is 2.09 bits per heavy atom. The standard InChI is InChI=1S/C27H38N2O3/c1-8-24(26(31)28-27(5,6)7)29(17-21-11-9-20(4)10-12-21)25(30)18-32-23-15-13-22(14-16-23)19(2)3/h9-16,19,24H,8,17-18H2,1-7H3,(H,28,31). The fourth-order valence-electron chi connectivity index (χ4n) is 3.44. The summed E-state index contributed by atoms with van der Waals surface area (Å²) in [6.07, 6.45) is 0.516. The third kappa shape index (κ3) is 7.70. The number of carbonyl (C=O) groups is 2. The SMILES string of the molecule is CCC(C(=O)NC(C)(C)C)N(Cc1ccc(C)cc1)C(=O)COc1ccc(C(C)C)cc1. The average molecular weight is 439 g/mol. The Balaban J connectivity index is 2.20. The van der Waals surface area contributed by atoms with Crippen molar-refractivity contribution in [2.45, 2.75) is 78.9 Å². The minimum atomic E-state index is -0.574. The lowest BCUT2D eigenvalue weighted by molar-refractivity contribution is -0.143. The molecule has 5 nitrogen and oxygen atoms in total. The van der Waals surface area contributed by atoms with E-state index in [-0.39, 0.29) is 24.0 Å². The van der Waals surface area contributed by atoms with Crippen LogP contribution in [-0.2, 0) is 16.1 Å². The third-order valence-electron chi connectivity index (χ3n) is 5.27. The highest BCUT2D eigenvalue weighted by Crippen LogP contribution is 2.19. The summed E-state index contributed by atoms with van der Waals surface area (Å²) < 4.78 is 5.79. The molecule has 174 valence electrons. The summed E-state index contributed by atoms with van der Waals surface area (Å²) in [7, 11) is 0. The fraction of sp³-hybridized carbons (Fsp3) is 0.481. The van der Waals surface area contributed by atoms with E-state index in [9.17, 15) is 9.59 Å². The molecule has 0 heterocycles. The van der Waals surface area contributed by atoms with Gasteiger partial charge in [0.2, 0.25) is 5.91 Å². The molecule has 0 aliphatic carbocycles. The number of amides is 2. The number of nitrogens with one attached hydrogen (secondary N) is 1. The molecule has 1 atom stereocenters. The van der Waals surface area contributed by atoms with E-state index in [4.69, 9.17) is 4.74 Å². The lowest BCUT2D eigenvalue weighted by atomic mass is 10.0. The summed E-state index contributed by atoms with van der Waals surface area (Å²) in [5.74, 6) is 0.712. The number of nitrogens with zero attached hydrogens (tertiary/aromatic N) is 1. The first kappa shape index (κ1) is 25.4. The van der Waals surface area contributed by atoms with Gasteiger partial charge in [-0.15, -0.1) is 0 Å². The van der Waals surface area contributed by atoms with Crippen molar-refractivity contribution in [3.05, 3.63) is 65.2 Å². The van der Waals surface area contributed by atoms with Gasteiger partial charge in [-0.3, -0.25) is 9.59 Å². The molecule has 0 aliphatic rings. The quantitative estimate of drug-likeness (QED) is 0.584. The zero-order chi connectivity index (χ0) is 23.9. The normalized spacial score (nSPS) is 12.4. The number of aryl methyl sites for hydroxylation is 1. The van der Waals surface area contributed by atoms with Gasteiger partial charge in [-0.05, 0) is 63.3 Å². The minimum absolute atomic E-state index is 0.119. The fourth-order valence-corrected chi connectivity index (χ4v) is 3.44. The Kier molecular flexibility index (Phi) is 8.88. The lowest BCUT2D eigenvalue weighted by Gasteiger charge is -2.33. The van der Waals surface area contributed by atoms with E-state index in [2.05, 4.69) is 19.2 Å². The van der Waals surface area contributed by atoms with Crippen LogP contribution in [0.25, 0.3) is 0 Å². The predicted octanol–water partition coefficient (Wildman–Crippen LogP) is 5.22. The number of hydrogen-bond acceptors (Lipinski definition) is 3. The molecule has 2 amide bonds. The van der Waals surface area contributed by atoms with Crippen LogP contribution in [0.1, 0.15) is 70.6 Å². The second-order valence-electron chi connectivity index (χ2n) is 9.68. The zero-order valence-corrected chi connectivity index (χ0v) is 20.6. The van der Waals surface area contributed by atoms with Gasteiger partial charge in [-0.25, -0.2) is 0 Å². The Bertz CT molecular complexity index is 881. The second-order valence-corrected chi connectivity index (χ2v) is 9.68. The molecule has 32 heavy (non-hydrogen) atoms. The van der Waals surface area contributed by atoms with Crippen LogP contribution in [0, 0.1) is 6.92 Å². The smallest absolute Gasteiger partial charge is 0.261 e. The van der Waals surface area contributed by atoms with Gasteiger partial charge in [-0.1, -0.05) is 62.7 Å². The maximum absolute atomic E-state index is 13.3. The Labute approximate surface area is 193 Å². The highest BCUT2D eigenvalue weighted by Gasteiger charge is 2.30.